The Labute approximate surface area is 44.4 Å². The molecular formula is Cl3NOs. The zero-order valence-corrected chi connectivity index (χ0v) is 6.74. The van der Waals surface area contributed by atoms with Gasteiger partial charge in [-0.25, -0.2) is 0 Å². The molecule has 0 bridgehead atoms. The van der Waals surface area contributed by atoms with E-state index in [-0.39, 0.29) is 0 Å². The molecule has 0 aromatic carbocycles. The van der Waals surface area contributed by atoms with Gasteiger partial charge in [-0.2, -0.15) is 0 Å². The van der Waals surface area contributed by atoms with E-state index in [1.54, 1.807) is 0 Å². The monoisotopic (exact) mass is 311 g/mol. The van der Waals surface area contributed by atoms with Gasteiger partial charge in [-0.3, -0.25) is 0 Å². The summed E-state index contributed by atoms with van der Waals surface area (Å²) in [6.07, 6.45) is 0. The van der Waals surface area contributed by atoms with Crippen LogP contribution < -0.4 is 0 Å². The number of hydrogen-bond donors (Lipinski definition) is 0. The molecule has 0 saturated carbocycles. The number of nitrogens with zero attached hydrogens (tertiary/aromatic N) is 1. The molecule has 0 atom stereocenters. The van der Waals surface area contributed by atoms with E-state index in [9.17, 15) is 0 Å². The van der Waals surface area contributed by atoms with E-state index in [1.165, 1.54) is 0 Å². The molecule has 0 heterocycles. The van der Waals surface area contributed by atoms with Crippen LogP contribution in [0.15, 0.2) is 0 Å². The summed E-state index contributed by atoms with van der Waals surface area (Å²) in [7, 11) is 14.4. The zero-order chi connectivity index (χ0) is 4.50. The van der Waals surface area contributed by atoms with Gasteiger partial charge in [-0.05, 0) is 0 Å². The Balaban J connectivity index is 3.66. The minimum atomic E-state index is -3.64. The minimum absolute atomic E-state index is 3.64. The van der Waals surface area contributed by atoms with Crippen molar-refractivity contribution in [2.45, 2.75) is 0 Å². The Morgan fingerprint density at radius 2 is 1.20 bits per heavy atom. The third kappa shape index (κ3) is 36.5. The molecule has 0 aliphatic carbocycles. The number of halogens is 3. The topological polar surface area (TPSA) is 23.8 Å². The second kappa shape index (κ2) is 1.78. The molecule has 0 aliphatic heterocycles. The van der Waals surface area contributed by atoms with Crippen LogP contribution in [-0.2, 0) is 11.7 Å². The van der Waals surface area contributed by atoms with Crippen molar-refractivity contribution in [1.29, 1.82) is 3.88 Å². The summed E-state index contributed by atoms with van der Waals surface area (Å²) in [6.45, 7) is 0. The van der Waals surface area contributed by atoms with E-state index in [4.69, 9.17) is 32.8 Å². The molecule has 0 N–H and O–H groups in total. The first-order valence-electron chi connectivity index (χ1n) is 0.559. The Morgan fingerprint density at radius 3 is 1.20 bits per heavy atom. The van der Waals surface area contributed by atoms with E-state index in [1.807, 2.05) is 0 Å². The van der Waals surface area contributed by atoms with Crippen molar-refractivity contribution in [1.82, 2.24) is 0 Å². The number of hydrogen-bond acceptors (Lipinski definition) is 1. The Morgan fingerprint density at radius 1 is 1.20 bits per heavy atom. The van der Waals surface area contributed by atoms with Crippen molar-refractivity contribution in [3.63, 3.8) is 0 Å². The second-order valence-corrected chi connectivity index (χ2v) is 15.6. The third-order valence-corrected chi connectivity index (χ3v) is 0. The normalized spacial score (nSPS) is 14.8. The van der Waals surface area contributed by atoms with Gasteiger partial charge in [0.05, 0.1) is 0 Å². The summed E-state index contributed by atoms with van der Waals surface area (Å²) >= 11 is -3.64. The SMILES string of the molecule is [N]#[Os]([Cl])([Cl])[Cl]. The van der Waals surface area contributed by atoms with E-state index in [2.05, 4.69) is 0 Å². The first-order chi connectivity index (χ1) is 2.00. The second-order valence-electron chi connectivity index (χ2n) is 0.331. The predicted molar refractivity (Wildman–Crippen MR) is 19.3 cm³/mol. The number of rotatable bonds is 0. The van der Waals surface area contributed by atoms with Crippen LogP contribution in [0.3, 0.4) is 0 Å². The molecule has 0 saturated heterocycles. The molecule has 0 rings (SSSR count). The van der Waals surface area contributed by atoms with Crippen LogP contribution in [0, 0.1) is 3.88 Å². The maximum absolute atomic E-state index is 8.01. The standard InChI is InChI=1S/3ClH.N.Os/h3*1H;;/q;;;;+3/p-3. The van der Waals surface area contributed by atoms with Gasteiger partial charge in [-0.1, -0.05) is 0 Å². The van der Waals surface area contributed by atoms with Gasteiger partial charge in [0, 0.05) is 0 Å². The van der Waals surface area contributed by atoms with Crippen LogP contribution in [0.25, 0.3) is 0 Å². The van der Waals surface area contributed by atoms with E-state index >= 15 is 0 Å². The Kier molecular flexibility index (Phi) is 2.21. The zero-order valence-electron chi connectivity index (χ0n) is 1.93. The van der Waals surface area contributed by atoms with E-state index in [0.717, 1.165) is 0 Å². The van der Waals surface area contributed by atoms with Gasteiger partial charge < -0.3 is 0 Å². The first kappa shape index (κ1) is 6.22. The van der Waals surface area contributed by atoms with Gasteiger partial charge >= 0.3 is 44.5 Å². The molecule has 0 amide bonds. The Bertz CT molecular complexity index is 86.0. The molecule has 1 nitrogen and oxygen atoms in total. The van der Waals surface area contributed by atoms with Crippen LogP contribution in [0.1, 0.15) is 0 Å². The summed E-state index contributed by atoms with van der Waals surface area (Å²) in [5.41, 5.74) is 0. The van der Waals surface area contributed by atoms with Crippen molar-refractivity contribution < 1.29 is 11.7 Å². The first-order valence-corrected chi connectivity index (χ1v) is 11.1. The van der Waals surface area contributed by atoms with Gasteiger partial charge in [-0.15, -0.1) is 0 Å². The van der Waals surface area contributed by atoms with Crippen molar-refractivity contribution in [2.75, 3.05) is 0 Å². The summed E-state index contributed by atoms with van der Waals surface area (Å²) in [4.78, 5) is 0. The molecule has 5 heavy (non-hydrogen) atoms. The van der Waals surface area contributed by atoms with Crippen LogP contribution in [0.5, 0.6) is 0 Å². The molecule has 0 fully saturated rings. The fraction of sp³-hybridized carbons (Fsp3) is 0. The quantitative estimate of drug-likeness (QED) is 0.672. The Hall–Kier alpha value is 1.22. The molecule has 5 heteroatoms. The molecule has 0 unspecified atom stereocenters. The molecule has 0 aromatic heterocycles. The van der Waals surface area contributed by atoms with Crippen molar-refractivity contribution in [3.8, 4) is 0 Å². The maximum atomic E-state index is 8.01. The van der Waals surface area contributed by atoms with Crippen LogP contribution in [-0.4, -0.2) is 0 Å². The van der Waals surface area contributed by atoms with Crippen molar-refractivity contribution >= 4 is 28.9 Å². The van der Waals surface area contributed by atoms with Crippen LogP contribution in [0.2, 0.25) is 0 Å². The van der Waals surface area contributed by atoms with Gasteiger partial charge in [0.1, 0.15) is 0 Å². The molecule has 34 valence electrons. The van der Waals surface area contributed by atoms with E-state index < -0.39 is 11.7 Å². The van der Waals surface area contributed by atoms with Gasteiger partial charge in [0.25, 0.3) is 0 Å². The van der Waals surface area contributed by atoms with Crippen LogP contribution in [0.4, 0.5) is 0 Å². The third-order valence-electron chi connectivity index (χ3n) is 0. The average Bonchev–Trinajstić information content (AvgIpc) is 0.722. The van der Waals surface area contributed by atoms with Crippen molar-refractivity contribution in [3.05, 3.63) is 0 Å². The molecular weight excluding hydrogens is 311 g/mol. The summed E-state index contributed by atoms with van der Waals surface area (Å²) in [5, 5.41) is 0. The van der Waals surface area contributed by atoms with Gasteiger partial charge in [0.15, 0.2) is 0 Å². The molecule has 0 spiro atoms. The molecule has 0 aliphatic rings. The van der Waals surface area contributed by atoms with Crippen molar-refractivity contribution in [2.24, 2.45) is 0 Å². The molecule has 0 aromatic rings. The fourth-order valence-electron chi connectivity index (χ4n) is 0. The average molecular weight is 311 g/mol. The summed E-state index contributed by atoms with van der Waals surface area (Å²) < 4.78 is 8.01. The van der Waals surface area contributed by atoms with E-state index in [0.29, 0.717) is 0 Å². The summed E-state index contributed by atoms with van der Waals surface area (Å²) in [6, 6.07) is 0. The van der Waals surface area contributed by atoms with Crippen LogP contribution >= 0.6 is 28.9 Å². The predicted octanol–water partition coefficient (Wildman–Crippen LogP) is 2.08. The fourth-order valence-corrected chi connectivity index (χ4v) is 0. The van der Waals surface area contributed by atoms with Gasteiger partial charge in [0.2, 0.25) is 0 Å². The molecule has 0 radical (unpaired) electrons. The summed E-state index contributed by atoms with van der Waals surface area (Å²) in [5.74, 6) is 0.